The smallest absolute Gasteiger partial charge is 0.253 e. The number of likely N-dealkylation sites (N-methyl/N-ethyl adjacent to an activating group) is 1. The minimum absolute atomic E-state index is 0.00338. The summed E-state index contributed by atoms with van der Waals surface area (Å²) in [4.78, 5) is 24.3. The first kappa shape index (κ1) is 22.2. The van der Waals surface area contributed by atoms with E-state index in [0.717, 1.165) is 40.8 Å². The Bertz CT molecular complexity index is 1340. The second kappa shape index (κ2) is 8.95. The molecule has 4 aromatic rings. The van der Waals surface area contributed by atoms with Gasteiger partial charge in [-0.05, 0) is 67.4 Å². The van der Waals surface area contributed by atoms with Gasteiger partial charge in [0.25, 0.3) is 5.91 Å². The first-order valence-electron chi connectivity index (χ1n) is 11.8. The zero-order valence-electron chi connectivity index (χ0n) is 20.2. The SMILES string of the molecule is CN[C@@H]1CCN(c2ccc(-c3cnc4[nH]cc(-c5ccc(C(=O)N(C)C)cc5)c4c3)cc2C)C1. The van der Waals surface area contributed by atoms with Crippen LogP contribution in [0.5, 0.6) is 0 Å². The van der Waals surface area contributed by atoms with Crippen molar-refractivity contribution >= 4 is 22.6 Å². The van der Waals surface area contributed by atoms with Crippen LogP contribution < -0.4 is 10.2 Å². The monoisotopic (exact) mass is 453 g/mol. The van der Waals surface area contributed by atoms with E-state index in [2.05, 4.69) is 51.4 Å². The lowest BCUT2D eigenvalue weighted by molar-refractivity contribution is 0.0827. The van der Waals surface area contributed by atoms with E-state index in [4.69, 9.17) is 0 Å². The molecule has 1 fully saturated rings. The van der Waals surface area contributed by atoms with Crippen LogP contribution in [0.15, 0.2) is 60.9 Å². The number of hydrogen-bond acceptors (Lipinski definition) is 4. The molecule has 6 nitrogen and oxygen atoms in total. The van der Waals surface area contributed by atoms with E-state index in [1.165, 1.54) is 23.2 Å². The predicted octanol–water partition coefficient (Wildman–Crippen LogP) is 4.71. The highest BCUT2D eigenvalue weighted by atomic mass is 16.2. The standard InChI is InChI=1S/C28H31N5O/c1-18-13-21(9-10-26(18)33-12-11-23(17-33)29-2)22-14-24-25(16-31-27(24)30-15-22)19-5-7-20(8-6-19)28(34)32(3)4/h5-10,13-16,23,29H,11-12,17H2,1-4H3,(H,30,31)/t23-/m1/s1. The molecule has 6 heteroatoms. The van der Waals surface area contributed by atoms with Crippen molar-refractivity contribution in [2.75, 3.05) is 39.1 Å². The second-order valence-corrected chi connectivity index (χ2v) is 9.32. The number of pyridine rings is 1. The van der Waals surface area contributed by atoms with Gasteiger partial charge in [0.2, 0.25) is 0 Å². The van der Waals surface area contributed by atoms with Crippen LogP contribution >= 0.6 is 0 Å². The van der Waals surface area contributed by atoms with Crippen molar-refractivity contribution in [3.63, 3.8) is 0 Å². The van der Waals surface area contributed by atoms with Crippen molar-refractivity contribution < 1.29 is 4.79 Å². The molecule has 1 saturated heterocycles. The Morgan fingerprint density at radius 1 is 1.09 bits per heavy atom. The highest BCUT2D eigenvalue weighted by Crippen LogP contribution is 2.33. The number of hydrogen-bond donors (Lipinski definition) is 2. The third-order valence-electron chi connectivity index (χ3n) is 6.85. The maximum atomic E-state index is 12.2. The summed E-state index contributed by atoms with van der Waals surface area (Å²) in [6.45, 7) is 4.33. The maximum Gasteiger partial charge on any atom is 0.253 e. The van der Waals surface area contributed by atoms with Gasteiger partial charge >= 0.3 is 0 Å². The molecule has 1 atom stereocenters. The van der Waals surface area contributed by atoms with Gasteiger partial charge in [-0.3, -0.25) is 4.79 Å². The van der Waals surface area contributed by atoms with E-state index in [-0.39, 0.29) is 5.91 Å². The first-order chi connectivity index (χ1) is 16.4. The number of rotatable bonds is 5. The molecule has 1 amide bonds. The number of benzene rings is 2. The fourth-order valence-corrected chi connectivity index (χ4v) is 4.86. The molecule has 34 heavy (non-hydrogen) atoms. The Balaban J connectivity index is 1.45. The lowest BCUT2D eigenvalue weighted by Gasteiger charge is -2.21. The van der Waals surface area contributed by atoms with Gasteiger partial charge in [0, 0.05) is 73.4 Å². The molecule has 0 bridgehead atoms. The van der Waals surface area contributed by atoms with Gasteiger partial charge < -0.3 is 20.1 Å². The Labute approximate surface area is 200 Å². The number of fused-ring (bicyclic) bond motifs is 1. The zero-order chi connectivity index (χ0) is 23.8. The molecule has 5 rings (SSSR count). The van der Waals surface area contributed by atoms with Crippen LogP contribution in [0.2, 0.25) is 0 Å². The Morgan fingerprint density at radius 2 is 1.85 bits per heavy atom. The van der Waals surface area contributed by atoms with Gasteiger partial charge in [0.15, 0.2) is 0 Å². The van der Waals surface area contributed by atoms with Crippen molar-refractivity contribution in [1.29, 1.82) is 0 Å². The summed E-state index contributed by atoms with van der Waals surface area (Å²) in [6, 6.07) is 17.2. The van der Waals surface area contributed by atoms with Gasteiger partial charge in [-0.1, -0.05) is 18.2 Å². The topological polar surface area (TPSA) is 64.3 Å². The number of nitrogens with zero attached hydrogens (tertiary/aromatic N) is 3. The molecule has 2 N–H and O–H groups in total. The number of aromatic nitrogens is 2. The Hall–Kier alpha value is -3.64. The quantitative estimate of drug-likeness (QED) is 0.460. The van der Waals surface area contributed by atoms with E-state index in [1.807, 2.05) is 43.7 Å². The highest BCUT2D eigenvalue weighted by molar-refractivity contribution is 5.98. The molecule has 0 aliphatic carbocycles. The summed E-state index contributed by atoms with van der Waals surface area (Å²) in [5.41, 5.74) is 8.53. The molecular formula is C28H31N5O. The largest absolute Gasteiger partial charge is 0.370 e. The number of amides is 1. The minimum atomic E-state index is 0.00338. The Kier molecular flexibility index (Phi) is 5.84. The lowest BCUT2D eigenvalue weighted by atomic mass is 10.00. The fourth-order valence-electron chi connectivity index (χ4n) is 4.86. The van der Waals surface area contributed by atoms with Crippen molar-refractivity contribution in [3.8, 4) is 22.3 Å². The van der Waals surface area contributed by atoms with E-state index < -0.39 is 0 Å². The molecule has 174 valence electrons. The van der Waals surface area contributed by atoms with Gasteiger partial charge in [0.1, 0.15) is 5.65 Å². The molecule has 2 aromatic carbocycles. The Morgan fingerprint density at radius 3 is 2.53 bits per heavy atom. The number of carbonyl (C=O) groups is 1. The van der Waals surface area contributed by atoms with Gasteiger partial charge in [0.05, 0.1) is 0 Å². The predicted molar refractivity (Wildman–Crippen MR) is 139 cm³/mol. The molecule has 3 heterocycles. The number of aryl methyl sites for hydroxylation is 1. The van der Waals surface area contributed by atoms with E-state index >= 15 is 0 Å². The molecular weight excluding hydrogens is 422 g/mol. The van der Waals surface area contributed by atoms with Gasteiger partial charge in [-0.2, -0.15) is 0 Å². The molecule has 1 aliphatic rings. The molecule has 2 aromatic heterocycles. The van der Waals surface area contributed by atoms with Crippen LogP contribution in [0.1, 0.15) is 22.3 Å². The third-order valence-corrected chi connectivity index (χ3v) is 6.85. The van der Waals surface area contributed by atoms with E-state index in [9.17, 15) is 4.79 Å². The lowest BCUT2D eigenvalue weighted by Crippen LogP contribution is -2.29. The minimum Gasteiger partial charge on any atom is -0.370 e. The van der Waals surface area contributed by atoms with Crippen molar-refractivity contribution in [2.24, 2.45) is 0 Å². The second-order valence-electron chi connectivity index (χ2n) is 9.32. The average Bonchev–Trinajstić information content (AvgIpc) is 3.50. The molecule has 0 saturated carbocycles. The summed E-state index contributed by atoms with van der Waals surface area (Å²) < 4.78 is 0. The maximum absolute atomic E-state index is 12.2. The summed E-state index contributed by atoms with van der Waals surface area (Å²) in [6.07, 6.45) is 5.10. The summed E-state index contributed by atoms with van der Waals surface area (Å²) in [5.74, 6) is 0.00338. The van der Waals surface area contributed by atoms with Crippen LogP contribution in [0.3, 0.4) is 0 Å². The van der Waals surface area contributed by atoms with Crippen LogP contribution in [-0.4, -0.2) is 61.0 Å². The van der Waals surface area contributed by atoms with Crippen LogP contribution in [0.25, 0.3) is 33.3 Å². The summed E-state index contributed by atoms with van der Waals surface area (Å²) in [5, 5.41) is 4.47. The van der Waals surface area contributed by atoms with Crippen molar-refractivity contribution in [2.45, 2.75) is 19.4 Å². The zero-order valence-corrected chi connectivity index (χ0v) is 20.2. The van der Waals surface area contributed by atoms with Crippen molar-refractivity contribution in [3.05, 3.63) is 72.1 Å². The number of carbonyl (C=O) groups excluding carboxylic acids is 1. The average molecular weight is 454 g/mol. The fraction of sp³-hybridized carbons (Fsp3) is 0.286. The van der Waals surface area contributed by atoms with Crippen LogP contribution in [-0.2, 0) is 0 Å². The number of nitrogens with one attached hydrogen (secondary N) is 2. The summed E-state index contributed by atoms with van der Waals surface area (Å²) in [7, 11) is 5.57. The van der Waals surface area contributed by atoms with Gasteiger partial charge in [-0.15, -0.1) is 0 Å². The molecule has 0 spiro atoms. The van der Waals surface area contributed by atoms with Gasteiger partial charge in [-0.25, -0.2) is 4.98 Å². The molecule has 1 aliphatic heterocycles. The van der Waals surface area contributed by atoms with E-state index in [1.54, 1.807) is 19.0 Å². The van der Waals surface area contributed by atoms with E-state index in [0.29, 0.717) is 11.6 Å². The normalized spacial score (nSPS) is 15.8. The summed E-state index contributed by atoms with van der Waals surface area (Å²) >= 11 is 0. The number of aromatic amines is 1. The number of anilines is 1. The van der Waals surface area contributed by atoms with Crippen LogP contribution in [0, 0.1) is 6.92 Å². The number of H-pyrrole nitrogens is 1. The molecule has 0 unspecified atom stereocenters. The third kappa shape index (κ3) is 4.05. The first-order valence-corrected chi connectivity index (χ1v) is 11.8. The highest BCUT2D eigenvalue weighted by Gasteiger charge is 2.22. The van der Waals surface area contributed by atoms with Crippen LogP contribution in [0.4, 0.5) is 5.69 Å². The molecule has 0 radical (unpaired) electrons. The van der Waals surface area contributed by atoms with Crippen molar-refractivity contribution in [1.82, 2.24) is 20.2 Å².